The highest BCUT2D eigenvalue weighted by molar-refractivity contribution is 6.42. The number of aromatic nitrogens is 1. The molecule has 0 radical (unpaired) electrons. The lowest BCUT2D eigenvalue weighted by Crippen LogP contribution is -2.22. The number of nitrogens with zero attached hydrogens (tertiary/aromatic N) is 4. The molecule has 2 aromatic rings. The maximum absolute atomic E-state index is 12.5. The number of benzene rings is 1. The van der Waals surface area contributed by atoms with Crippen LogP contribution < -0.4 is 5.56 Å². The van der Waals surface area contributed by atoms with Crippen molar-refractivity contribution in [2.75, 3.05) is 6.61 Å². The van der Waals surface area contributed by atoms with E-state index in [1.54, 1.807) is 12.1 Å². The molecule has 130 valence electrons. The molecule has 0 amide bonds. The molecule has 0 unspecified atom stereocenters. The second kappa shape index (κ2) is 8.12. The maximum Gasteiger partial charge on any atom is 0.281 e. The van der Waals surface area contributed by atoms with E-state index in [-0.39, 0.29) is 36.4 Å². The van der Waals surface area contributed by atoms with Crippen LogP contribution in [0.25, 0.3) is 0 Å². The molecule has 2 rings (SSSR count). The zero-order valence-corrected chi connectivity index (χ0v) is 14.7. The third-order valence-corrected chi connectivity index (χ3v) is 4.22. The average molecular weight is 381 g/mol. The minimum atomic E-state index is -0.605. The van der Waals surface area contributed by atoms with Gasteiger partial charge in [-0.05, 0) is 31.5 Å². The van der Waals surface area contributed by atoms with Crippen LogP contribution in [0.2, 0.25) is 10.0 Å². The molecule has 1 aromatic heterocycles. The van der Waals surface area contributed by atoms with Crippen LogP contribution in [-0.4, -0.2) is 21.4 Å². The van der Waals surface area contributed by atoms with Crippen LogP contribution in [0, 0.1) is 18.3 Å². The number of aliphatic hydroxyl groups excluding tert-OH is 1. The number of pyridine rings is 1. The summed E-state index contributed by atoms with van der Waals surface area (Å²) in [6.07, 6.45) is 0.241. The molecule has 0 saturated heterocycles. The Morgan fingerprint density at radius 3 is 2.60 bits per heavy atom. The third kappa shape index (κ3) is 3.99. The van der Waals surface area contributed by atoms with Crippen molar-refractivity contribution in [2.24, 2.45) is 10.2 Å². The molecule has 0 aliphatic rings. The topological polar surface area (TPSA) is 111 Å². The van der Waals surface area contributed by atoms with Gasteiger partial charge in [-0.15, -0.1) is 5.11 Å². The van der Waals surface area contributed by atoms with Crippen molar-refractivity contribution in [1.29, 1.82) is 5.26 Å². The summed E-state index contributed by atoms with van der Waals surface area (Å²) in [7, 11) is 0. The van der Waals surface area contributed by atoms with Crippen LogP contribution in [0.1, 0.15) is 17.5 Å². The molecule has 1 aromatic carbocycles. The minimum absolute atomic E-state index is 0.0470. The minimum Gasteiger partial charge on any atom is -0.493 e. The van der Waals surface area contributed by atoms with Gasteiger partial charge in [0.15, 0.2) is 5.69 Å². The Bertz CT molecular complexity index is 932. The summed E-state index contributed by atoms with van der Waals surface area (Å²) in [6, 6.07) is 6.45. The molecule has 25 heavy (non-hydrogen) atoms. The van der Waals surface area contributed by atoms with E-state index >= 15 is 0 Å². The van der Waals surface area contributed by atoms with Crippen molar-refractivity contribution in [2.45, 2.75) is 19.9 Å². The number of halogens is 2. The molecule has 9 heteroatoms. The van der Waals surface area contributed by atoms with Crippen LogP contribution in [0.15, 0.2) is 33.2 Å². The largest absolute Gasteiger partial charge is 0.493 e. The molecule has 0 aliphatic carbocycles. The first-order valence-electron chi connectivity index (χ1n) is 7.24. The molecule has 0 spiro atoms. The van der Waals surface area contributed by atoms with Crippen LogP contribution in [0.4, 0.5) is 11.4 Å². The van der Waals surface area contributed by atoms with Crippen molar-refractivity contribution in [3.05, 3.63) is 49.7 Å². The van der Waals surface area contributed by atoms with Gasteiger partial charge in [0, 0.05) is 18.7 Å². The van der Waals surface area contributed by atoms with E-state index in [9.17, 15) is 15.2 Å². The number of rotatable bonds is 5. The van der Waals surface area contributed by atoms with E-state index in [0.29, 0.717) is 15.7 Å². The Morgan fingerprint density at radius 2 is 2.00 bits per heavy atom. The summed E-state index contributed by atoms with van der Waals surface area (Å²) < 4.78 is 0.991. The Morgan fingerprint density at radius 1 is 1.28 bits per heavy atom. The molecule has 0 saturated carbocycles. The van der Waals surface area contributed by atoms with Gasteiger partial charge in [0.1, 0.15) is 11.6 Å². The third-order valence-electron chi connectivity index (χ3n) is 3.48. The quantitative estimate of drug-likeness (QED) is 0.767. The van der Waals surface area contributed by atoms with E-state index in [4.69, 9.17) is 28.3 Å². The summed E-state index contributed by atoms with van der Waals surface area (Å²) in [5.41, 5.74) is -0.152. The van der Waals surface area contributed by atoms with Crippen molar-refractivity contribution < 1.29 is 10.2 Å². The van der Waals surface area contributed by atoms with Crippen molar-refractivity contribution >= 4 is 34.6 Å². The summed E-state index contributed by atoms with van der Waals surface area (Å²) in [4.78, 5) is 12.5. The molecule has 0 fully saturated rings. The number of hydrogen-bond donors (Lipinski definition) is 2. The molecular weight excluding hydrogens is 367 g/mol. The Balaban J connectivity index is 2.56. The molecule has 7 nitrogen and oxygen atoms in total. The van der Waals surface area contributed by atoms with Gasteiger partial charge < -0.3 is 10.2 Å². The highest BCUT2D eigenvalue weighted by Gasteiger charge is 2.18. The standard InChI is InChI=1S/C16H14Cl2N4O3/c1-9-11(8-19)15(24)22(5-2-6-23)16(25)14(9)21-20-10-3-4-12(17)13(18)7-10/h3-4,7,23-24H,2,5-6H2,1H3. The van der Waals surface area contributed by atoms with Gasteiger partial charge in [-0.25, -0.2) is 0 Å². The van der Waals surface area contributed by atoms with E-state index in [1.807, 2.05) is 6.07 Å². The fourth-order valence-electron chi connectivity index (χ4n) is 2.15. The lowest BCUT2D eigenvalue weighted by atomic mass is 10.1. The van der Waals surface area contributed by atoms with Crippen LogP contribution in [0.5, 0.6) is 5.88 Å². The molecular formula is C16H14Cl2N4O3. The second-order valence-corrected chi connectivity index (χ2v) is 5.93. The zero-order chi connectivity index (χ0) is 18.6. The van der Waals surface area contributed by atoms with E-state index in [2.05, 4.69) is 10.2 Å². The predicted molar refractivity (Wildman–Crippen MR) is 94.2 cm³/mol. The Hall–Kier alpha value is -2.40. The lowest BCUT2D eigenvalue weighted by molar-refractivity contribution is 0.274. The van der Waals surface area contributed by atoms with Crippen molar-refractivity contribution in [3.63, 3.8) is 0 Å². The summed E-state index contributed by atoms with van der Waals surface area (Å²) in [5, 5.41) is 36.8. The molecule has 1 heterocycles. The fraction of sp³-hybridized carbons (Fsp3) is 0.250. The fourth-order valence-corrected chi connectivity index (χ4v) is 2.44. The van der Waals surface area contributed by atoms with Crippen LogP contribution in [-0.2, 0) is 6.54 Å². The summed E-state index contributed by atoms with van der Waals surface area (Å²) in [6.45, 7) is 1.38. The molecule has 0 aliphatic heterocycles. The van der Waals surface area contributed by atoms with Crippen molar-refractivity contribution in [1.82, 2.24) is 4.57 Å². The van der Waals surface area contributed by atoms with Gasteiger partial charge in [-0.3, -0.25) is 9.36 Å². The van der Waals surface area contributed by atoms with Gasteiger partial charge in [0.2, 0.25) is 5.88 Å². The smallest absolute Gasteiger partial charge is 0.281 e. The number of hydrogen-bond acceptors (Lipinski definition) is 6. The average Bonchev–Trinajstić information content (AvgIpc) is 2.58. The highest BCUT2D eigenvalue weighted by atomic mass is 35.5. The van der Waals surface area contributed by atoms with E-state index < -0.39 is 11.4 Å². The van der Waals surface area contributed by atoms with Gasteiger partial charge in [-0.2, -0.15) is 10.4 Å². The van der Waals surface area contributed by atoms with E-state index in [0.717, 1.165) is 4.57 Å². The first-order valence-corrected chi connectivity index (χ1v) is 8.00. The SMILES string of the molecule is Cc1c(C#N)c(O)n(CCCO)c(=O)c1N=Nc1ccc(Cl)c(Cl)c1. The first kappa shape index (κ1) is 18.9. The lowest BCUT2D eigenvalue weighted by Gasteiger charge is -2.12. The number of aliphatic hydroxyl groups is 1. The summed E-state index contributed by atoms with van der Waals surface area (Å²) in [5.74, 6) is -0.452. The van der Waals surface area contributed by atoms with Crippen LogP contribution in [0.3, 0.4) is 0 Å². The second-order valence-electron chi connectivity index (χ2n) is 5.12. The number of nitriles is 1. The van der Waals surface area contributed by atoms with Gasteiger partial charge >= 0.3 is 0 Å². The molecule has 2 N–H and O–H groups in total. The van der Waals surface area contributed by atoms with Crippen LogP contribution >= 0.6 is 23.2 Å². The zero-order valence-electron chi connectivity index (χ0n) is 13.2. The Kier molecular flexibility index (Phi) is 6.15. The monoisotopic (exact) mass is 380 g/mol. The summed E-state index contributed by atoms with van der Waals surface area (Å²) >= 11 is 11.7. The van der Waals surface area contributed by atoms with E-state index in [1.165, 1.54) is 13.0 Å². The van der Waals surface area contributed by atoms with Gasteiger partial charge in [0.25, 0.3) is 5.56 Å². The molecule has 0 bridgehead atoms. The number of azo groups is 1. The Labute approximate surface area is 153 Å². The predicted octanol–water partition coefficient (Wildman–Crippen LogP) is 3.84. The highest BCUT2D eigenvalue weighted by Crippen LogP contribution is 2.29. The van der Waals surface area contributed by atoms with Crippen molar-refractivity contribution in [3.8, 4) is 11.9 Å². The number of aromatic hydroxyl groups is 1. The molecule has 0 atom stereocenters. The van der Waals surface area contributed by atoms with Gasteiger partial charge in [0.05, 0.1) is 15.7 Å². The normalized spacial score (nSPS) is 11.0. The van der Waals surface area contributed by atoms with Gasteiger partial charge in [-0.1, -0.05) is 23.2 Å². The maximum atomic E-state index is 12.5. The first-order chi connectivity index (χ1) is 11.9.